The number of thioether (sulfide) groups is 1. The number of anilines is 1. The average Bonchev–Trinajstić information content (AvgIpc) is 2.33. The molecule has 118 valence electrons. The Hall–Kier alpha value is -0.420. The quantitative estimate of drug-likeness (QED) is 0.483. The van der Waals surface area contributed by atoms with Crippen LogP contribution in [0.2, 0.25) is 0 Å². The highest BCUT2D eigenvalue weighted by molar-refractivity contribution is 9.11. The molecule has 21 heavy (non-hydrogen) atoms. The third-order valence-corrected chi connectivity index (χ3v) is 4.56. The summed E-state index contributed by atoms with van der Waals surface area (Å²) in [6.45, 7) is 0. The normalized spacial score (nSPS) is 13.4. The minimum atomic E-state index is -5.11. The van der Waals surface area contributed by atoms with E-state index in [1.54, 1.807) is 5.32 Å². The smallest absolute Gasteiger partial charge is 0.317 e. The molecular weight excluding hydrogens is 456 g/mol. The maximum atomic E-state index is 13.0. The Labute approximate surface area is 135 Å². The Morgan fingerprint density at radius 1 is 1.14 bits per heavy atom. The molecule has 0 aliphatic heterocycles. The number of hydrogen-bond acceptors (Lipinski definition) is 2. The van der Waals surface area contributed by atoms with Gasteiger partial charge in [0.2, 0.25) is 5.50 Å². The molecule has 1 aromatic rings. The standard InChI is InChI=1S/C10H5Br2F6NOS/c11-3-1-4(12)6(21-8(15)7(13)14)2-5(3)19-9(20)10(16,17)18/h1-2,7-8H,(H,19,20). The Balaban J connectivity index is 3.04. The summed E-state index contributed by atoms with van der Waals surface area (Å²) in [7, 11) is 0. The minimum absolute atomic E-state index is 0.0729. The van der Waals surface area contributed by atoms with E-state index in [2.05, 4.69) is 31.9 Å². The Morgan fingerprint density at radius 3 is 2.19 bits per heavy atom. The molecule has 0 heterocycles. The fourth-order valence-electron chi connectivity index (χ4n) is 1.08. The highest BCUT2D eigenvalue weighted by Crippen LogP contribution is 2.39. The Kier molecular flexibility index (Phi) is 6.41. The van der Waals surface area contributed by atoms with Crippen molar-refractivity contribution < 1.29 is 31.1 Å². The van der Waals surface area contributed by atoms with Crippen molar-refractivity contribution in [1.82, 2.24) is 0 Å². The maximum Gasteiger partial charge on any atom is 0.471 e. The van der Waals surface area contributed by atoms with Gasteiger partial charge in [-0.05, 0) is 44.0 Å². The van der Waals surface area contributed by atoms with E-state index in [0.717, 1.165) is 6.07 Å². The van der Waals surface area contributed by atoms with Crippen LogP contribution in [0.1, 0.15) is 0 Å². The van der Waals surface area contributed by atoms with Gasteiger partial charge in [0.05, 0.1) is 5.69 Å². The van der Waals surface area contributed by atoms with Gasteiger partial charge in [0.25, 0.3) is 6.43 Å². The first-order valence-electron chi connectivity index (χ1n) is 4.98. The summed E-state index contributed by atoms with van der Waals surface area (Å²) >= 11 is 5.99. The number of amides is 1. The van der Waals surface area contributed by atoms with Crippen molar-refractivity contribution in [2.75, 3.05) is 5.32 Å². The maximum absolute atomic E-state index is 13.0. The molecule has 0 aromatic heterocycles. The van der Waals surface area contributed by atoms with Crippen LogP contribution >= 0.6 is 43.6 Å². The van der Waals surface area contributed by atoms with E-state index in [4.69, 9.17) is 0 Å². The molecule has 1 aromatic carbocycles. The van der Waals surface area contributed by atoms with Crippen molar-refractivity contribution in [2.24, 2.45) is 0 Å². The Morgan fingerprint density at radius 2 is 1.71 bits per heavy atom. The van der Waals surface area contributed by atoms with Crippen LogP contribution in [0.5, 0.6) is 0 Å². The van der Waals surface area contributed by atoms with E-state index in [9.17, 15) is 31.1 Å². The van der Waals surface area contributed by atoms with Crippen molar-refractivity contribution >= 4 is 55.2 Å². The van der Waals surface area contributed by atoms with Gasteiger partial charge in [0.15, 0.2) is 0 Å². The van der Waals surface area contributed by atoms with Crippen molar-refractivity contribution in [3.8, 4) is 0 Å². The average molecular weight is 461 g/mol. The molecule has 11 heteroatoms. The monoisotopic (exact) mass is 459 g/mol. The number of benzene rings is 1. The first kappa shape index (κ1) is 18.6. The second-order valence-electron chi connectivity index (χ2n) is 3.52. The van der Waals surface area contributed by atoms with E-state index < -0.39 is 24.0 Å². The van der Waals surface area contributed by atoms with Crippen LogP contribution in [0.15, 0.2) is 26.0 Å². The van der Waals surface area contributed by atoms with Crippen LogP contribution in [0.3, 0.4) is 0 Å². The van der Waals surface area contributed by atoms with Gasteiger partial charge >= 0.3 is 12.1 Å². The molecule has 1 atom stereocenters. The summed E-state index contributed by atoms with van der Waals surface area (Å²) in [6.07, 6.45) is -8.36. The SMILES string of the molecule is O=C(Nc1cc(SC(F)C(F)F)c(Br)cc1Br)C(F)(F)F. The van der Waals surface area contributed by atoms with Gasteiger partial charge < -0.3 is 5.32 Å². The molecule has 1 rings (SSSR count). The summed E-state index contributed by atoms with van der Waals surface area (Å²) in [5.41, 5.74) is -2.86. The number of rotatable bonds is 4. The zero-order valence-corrected chi connectivity index (χ0v) is 13.6. The fraction of sp³-hybridized carbons (Fsp3) is 0.300. The molecular formula is C10H5Br2F6NOS. The molecule has 0 saturated heterocycles. The number of carbonyl (C=O) groups excluding carboxylic acids is 1. The number of carbonyl (C=O) groups is 1. The van der Waals surface area contributed by atoms with Crippen LogP contribution in [0, 0.1) is 0 Å². The summed E-state index contributed by atoms with van der Waals surface area (Å²) in [6, 6.07) is 2.17. The van der Waals surface area contributed by atoms with E-state index in [0.29, 0.717) is 0 Å². The van der Waals surface area contributed by atoms with E-state index in [1.807, 2.05) is 0 Å². The third-order valence-electron chi connectivity index (χ3n) is 1.96. The van der Waals surface area contributed by atoms with Crippen molar-refractivity contribution in [1.29, 1.82) is 0 Å². The lowest BCUT2D eigenvalue weighted by Gasteiger charge is -2.14. The third kappa shape index (κ3) is 5.37. The van der Waals surface area contributed by atoms with Crippen LogP contribution in [-0.4, -0.2) is 24.0 Å². The second-order valence-corrected chi connectivity index (χ2v) is 6.35. The molecule has 0 aliphatic rings. The Bertz CT molecular complexity index is 539. The molecule has 1 N–H and O–H groups in total. The fourth-order valence-corrected chi connectivity index (χ4v) is 3.16. The number of halogens is 8. The topological polar surface area (TPSA) is 29.1 Å². The largest absolute Gasteiger partial charge is 0.471 e. The predicted octanol–water partition coefficient (Wildman–Crippen LogP) is 5.37. The second kappa shape index (κ2) is 7.23. The van der Waals surface area contributed by atoms with Gasteiger partial charge in [-0.25, -0.2) is 13.2 Å². The van der Waals surface area contributed by atoms with E-state index >= 15 is 0 Å². The van der Waals surface area contributed by atoms with E-state index in [1.165, 1.54) is 6.07 Å². The van der Waals surface area contributed by atoms with Crippen LogP contribution in [-0.2, 0) is 4.79 Å². The number of nitrogens with one attached hydrogen (secondary N) is 1. The van der Waals surface area contributed by atoms with Gasteiger partial charge in [-0.2, -0.15) is 13.2 Å². The lowest BCUT2D eigenvalue weighted by Crippen LogP contribution is -2.30. The van der Waals surface area contributed by atoms with Crippen LogP contribution < -0.4 is 5.32 Å². The van der Waals surface area contributed by atoms with Crippen molar-refractivity contribution in [3.05, 3.63) is 21.1 Å². The first-order chi connectivity index (χ1) is 9.52. The number of hydrogen-bond donors (Lipinski definition) is 1. The molecule has 2 nitrogen and oxygen atoms in total. The van der Waals surface area contributed by atoms with Crippen LogP contribution in [0.25, 0.3) is 0 Å². The molecule has 0 radical (unpaired) electrons. The summed E-state index contributed by atoms with van der Waals surface area (Å²) < 4.78 is 74.0. The van der Waals surface area contributed by atoms with Gasteiger partial charge in [-0.15, -0.1) is 0 Å². The van der Waals surface area contributed by atoms with Crippen LogP contribution in [0.4, 0.5) is 32.0 Å². The lowest BCUT2D eigenvalue weighted by molar-refractivity contribution is -0.167. The molecule has 0 bridgehead atoms. The lowest BCUT2D eigenvalue weighted by atomic mass is 10.3. The highest BCUT2D eigenvalue weighted by atomic mass is 79.9. The van der Waals surface area contributed by atoms with Gasteiger partial charge in [-0.3, -0.25) is 4.79 Å². The molecule has 0 aliphatic carbocycles. The van der Waals surface area contributed by atoms with Crippen molar-refractivity contribution in [2.45, 2.75) is 23.0 Å². The molecule has 1 unspecified atom stereocenters. The molecule has 0 fully saturated rings. The zero-order valence-electron chi connectivity index (χ0n) is 9.65. The highest BCUT2D eigenvalue weighted by Gasteiger charge is 2.39. The minimum Gasteiger partial charge on any atom is -0.317 e. The zero-order chi connectivity index (χ0) is 16.4. The predicted molar refractivity (Wildman–Crippen MR) is 73.3 cm³/mol. The first-order valence-corrected chi connectivity index (χ1v) is 7.45. The van der Waals surface area contributed by atoms with Gasteiger partial charge in [0, 0.05) is 13.8 Å². The number of alkyl halides is 6. The van der Waals surface area contributed by atoms with Gasteiger partial charge in [0.1, 0.15) is 0 Å². The summed E-state index contributed by atoms with van der Waals surface area (Å²) in [4.78, 5) is 10.8. The van der Waals surface area contributed by atoms with Crippen molar-refractivity contribution in [3.63, 3.8) is 0 Å². The summed E-state index contributed by atoms with van der Waals surface area (Å²) in [5.74, 6) is -2.23. The molecule has 0 spiro atoms. The molecule has 1 amide bonds. The van der Waals surface area contributed by atoms with Gasteiger partial charge in [-0.1, -0.05) is 11.8 Å². The molecule has 0 saturated carbocycles. The van der Waals surface area contributed by atoms with E-state index in [-0.39, 0.29) is 31.3 Å². The summed E-state index contributed by atoms with van der Waals surface area (Å²) in [5, 5.41) is 1.57.